The van der Waals surface area contributed by atoms with E-state index in [1.807, 2.05) is 78.9 Å². The van der Waals surface area contributed by atoms with Crippen LogP contribution in [0.1, 0.15) is 29.5 Å². The Bertz CT molecular complexity index is 4880. The Morgan fingerprint density at radius 3 is 1.40 bits per heavy atom. The maximum atomic E-state index is 7.41. The van der Waals surface area contributed by atoms with Crippen molar-refractivity contribution in [1.29, 1.82) is 0 Å². The average molecular weight is 1060 g/mol. The highest BCUT2D eigenvalue weighted by molar-refractivity contribution is 6.32. The number of hydrogen-bond donors (Lipinski definition) is 3. The van der Waals surface area contributed by atoms with E-state index in [2.05, 4.69) is 199 Å². The second-order valence-electron chi connectivity index (χ2n) is 20.7. The van der Waals surface area contributed by atoms with Crippen LogP contribution in [0.25, 0.3) is 98.6 Å². The lowest BCUT2D eigenvalue weighted by atomic mass is 10.1. The summed E-state index contributed by atoms with van der Waals surface area (Å²) in [5.74, 6) is 1.50. The molecular weight excluding hydrogens is 1000 g/mol. The number of nitrogens with zero attached hydrogens (tertiary/aromatic N) is 7. The maximum absolute atomic E-state index is 7.41. The molecule has 1 aliphatic carbocycles. The van der Waals surface area contributed by atoms with Crippen LogP contribution >= 0.6 is 0 Å². The molecule has 0 spiro atoms. The molecule has 0 amide bonds. The van der Waals surface area contributed by atoms with E-state index < -0.39 is 0 Å². The summed E-state index contributed by atoms with van der Waals surface area (Å²) < 4.78 is 9.33. The van der Waals surface area contributed by atoms with E-state index in [-0.39, 0.29) is 0 Å². The third kappa shape index (κ3) is 8.61. The first-order valence-corrected chi connectivity index (χ1v) is 27.9. The molecule has 6 N–H and O–H groups in total. The molecule has 0 unspecified atom stereocenters. The minimum absolute atomic E-state index is 0.329. The fourth-order valence-electron chi connectivity index (χ4n) is 12.2. The van der Waals surface area contributed by atoms with Gasteiger partial charge in [-0.15, -0.1) is 0 Å². The third-order valence-corrected chi connectivity index (χ3v) is 15.9. The van der Waals surface area contributed by atoms with Crippen LogP contribution in [0.3, 0.4) is 0 Å². The van der Waals surface area contributed by atoms with Crippen molar-refractivity contribution >= 4 is 105 Å². The molecule has 82 heavy (non-hydrogen) atoms. The van der Waals surface area contributed by atoms with Gasteiger partial charge in [-0.2, -0.15) is 4.99 Å². The van der Waals surface area contributed by atoms with Gasteiger partial charge in [0.1, 0.15) is 5.84 Å². The highest BCUT2D eigenvalue weighted by Crippen LogP contribution is 2.47. The predicted octanol–water partition coefficient (Wildman–Crippen LogP) is 15.5. The van der Waals surface area contributed by atoms with Crippen LogP contribution in [0.5, 0.6) is 0 Å². The van der Waals surface area contributed by atoms with Gasteiger partial charge in [0, 0.05) is 65.6 Å². The number of rotatable bonds is 9. The maximum Gasteiger partial charge on any atom is 0.207 e. The third-order valence-electron chi connectivity index (χ3n) is 15.9. The summed E-state index contributed by atoms with van der Waals surface area (Å²) in [4.78, 5) is 14.7. The van der Waals surface area contributed by atoms with Gasteiger partial charge in [-0.3, -0.25) is 14.6 Å². The van der Waals surface area contributed by atoms with Crippen LogP contribution in [-0.2, 0) is 13.2 Å². The molecule has 0 radical (unpaired) electrons. The standard InChI is InChI=1S/C58H42N8.C14H16N2/c59-36-63-49-27-15-13-25-41(49)43-29-31-45-46-33-34-47-48-32-30-44-42-26-14-16-28-50(42)66(58(60)62-57(38-19-7-2-8-20-38)61-35-37-17-5-1-6-18-37)56(44)55(48)65(40-23-11-4-12-24-40)54(47)53(46)64(52(45)51(43)63)39-21-9-3-10-22-39;15-14(13-9-5-2-6-10-13)16-11-12-7-3-1-4-8-12/h1-34H,35-36,59H2,(H2,60,61,62);2-3,5-10H,1,4,11H2,(H2,15,16). The summed E-state index contributed by atoms with van der Waals surface area (Å²) in [5.41, 5.74) is 34.8. The second kappa shape index (κ2) is 21.3. The molecule has 0 bridgehead atoms. The lowest BCUT2D eigenvalue weighted by Crippen LogP contribution is -2.24. The summed E-state index contributed by atoms with van der Waals surface area (Å²) in [5, 5.41) is 9.05. The Morgan fingerprint density at radius 2 is 0.854 bits per heavy atom. The highest BCUT2D eigenvalue weighted by atomic mass is 15.2. The van der Waals surface area contributed by atoms with Gasteiger partial charge in [0.25, 0.3) is 0 Å². The first kappa shape index (κ1) is 49.7. The molecule has 0 fully saturated rings. The van der Waals surface area contributed by atoms with Crippen molar-refractivity contribution in [2.75, 3.05) is 6.54 Å². The number of amidine groups is 2. The zero-order chi connectivity index (χ0) is 55.1. The van der Waals surface area contributed by atoms with E-state index in [0.717, 1.165) is 117 Å². The molecule has 396 valence electrons. The smallest absolute Gasteiger partial charge is 0.207 e. The fraction of sp³-hybridized carbons (Fsp3) is 0.0694. The molecule has 0 saturated heterocycles. The van der Waals surface area contributed by atoms with Crippen LogP contribution in [0.2, 0.25) is 0 Å². The number of aromatic nitrogens is 4. The molecule has 0 aliphatic heterocycles. The Kier molecular flexibility index (Phi) is 12.9. The molecule has 10 nitrogen and oxygen atoms in total. The van der Waals surface area contributed by atoms with Crippen molar-refractivity contribution in [3.05, 3.63) is 277 Å². The number of fused-ring (bicyclic) bond motifs is 15. The number of allylic oxidation sites excluding steroid dienone is 2. The zero-order valence-corrected chi connectivity index (χ0v) is 45.1. The molecule has 0 saturated carbocycles. The average Bonchev–Trinajstić information content (AvgIpc) is 2.24. The molecule has 0 atom stereocenters. The normalized spacial score (nSPS) is 13.3. The van der Waals surface area contributed by atoms with Crippen molar-refractivity contribution in [2.24, 2.45) is 32.2 Å². The van der Waals surface area contributed by atoms with E-state index in [1.54, 1.807) is 0 Å². The van der Waals surface area contributed by atoms with Gasteiger partial charge < -0.3 is 30.9 Å². The number of benzene rings is 10. The largest absolute Gasteiger partial charge is 0.383 e. The van der Waals surface area contributed by atoms with Crippen molar-refractivity contribution in [3.8, 4) is 11.4 Å². The van der Waals surface area contributed by atoms with Gasteiger partial charge in [0.15, 0.2) is 5.84 Å². The van der Waals surface area contributed by atoms with E-state index in [0.29, 0.717) is 37.4 Å². The topological polar surface area (TPSA) is 135 Å². The lowest BCUT2D eigenvalue weighted by Gasteiger charge is -2.14. The van der Waals surface area contributed by atoms with Crippen molar-refractivity contribution < 1.29 is 0 Å². The van der Waals surface area contributed by atoms with Crippen LogP contribution in [0.4, 0.5) is 0 Å². The van der Waals surface area contributed by atoms with Crippen molar-refractivity contribution in [2.45, 2.75) is 26.1 Å². The first-order chi connectivity index (χ1) is 40.5. The van der Waals surface area contributed by atoms with Gasteiger partial charge in [-0.05, 0) is 60.4 Å². The molecule has 4 aromatic heterocycles. The van der Waals surface area contributed by atoms with Gasteiger partial charge in [-0.25, -0.2) is 0 Å². The molecule has 10 heteroatoms. The Morgan fingerprint density at radius 1 is 0.402 bits per heavy atom. The Hall–Kier alpha value is -10.6. The summed E-state index contributed by atoms with van der Waals surface area (Å²) in [6.07, 6.45) is 8.80. The van der Waals surface area contributed by atoms with Crippen LogP contribution in [0, 0.1) is 0 Å². The molecule has 15 rings (SSSR count). The summed E-state index contributed by atoms with van der Waals surface area (Å²) in [7, 11) is 0. The molecular formula is C72H58N10. The predicted molar refractivity (Wildman–Crippen MR) is 344 cm³/mol. The molecule has 14 aromatic rings. The number of para-hydroxylation sites is 4. The SMILES string of the molecule is NC(=NCC1=CCCC=C1)c1ccccc1.NCn1c2ccccc2c2ccc3c4ccc5c6ccc7c8ccccc8n(C(N)=NC(=NCc8ccccc8)c8ccccc8)c7c6n(-c6ccccc6)c5c4n(-c4ccccc4)c3c21. The lowest BCUT2D eigenvalue weighted by molar-refractivity contribution is 0.791. The zero-order valence-electron chi connectivity index (χ0n) is 45.1. The number of nitrogens with two attached hydrogens (primary N) is 3. The quantitative estimate of drug-likeness (QED) is 0.0981. The van der Waals surface area contributed by atoms with Crippen LogP contribution in [0.15, 0.2) is 275 Å². The highest BCUT2D eigenvalue weighted by Gasteiger charge is 2.27. The van der Waals surface area contributed by atoms with Gasteiger partial charge in [0.05, 0.1) is 63.9 Å². The summed E-state index contributed by atoms with van der Waals surface area (Å²) >= 11 is 0. The number of hydrogen-bond acceptors (Lipinski definition) is 3. The van der Waals surface area contributed by atoms with Gasteiger partial charge in [-0.1, -0.05) is 218 Å². The molecule has 4 heterocycles. The number of aliphatic imine (C=N–C) groups is 3. The van der Waals surface area contributed by atoms with Crippen LogP contribution in [-0.4, -0.2) is 42.4 Å². The molecule has 10 aromatic carbocycles. The van der Waals surface area contributed by atoms with Crippen molar-refractivity contribution in [3.63, 3.8) is 0 Å². The first-order valence-electron chi connectivity index (χ1n) is 27.9. The van der Waals surface area contributed by atoms with E-state index in [9.17, 15) is 0 Å². The van der Waals surface area contributed by atoms with E-state index >= 15 is 0 Å². The molecule has 1 aliphatic rings. The van der Waals surface area contributed by atoms with Crippen LogP contribution < -0.4 is 17.2 Å². The van der Waals surface area contributed by atoms with E-state index in [4.69, 9.17) is 27.2 Å². The minimum atomic E-state index is 0.329. The monoisotopic (exact) mass is 1060 g/mol. The van der Waals surface area contributed by atoms with Crippen molar-refractivity contribution in [1.82, 2.24) is 18.3 Å². The van der Waals surface area contributed by atoms with Gasteiger partial charge >= 0.3 is 0 Å². The Balaban J connectivity index is 0.000000325. The summed E-state index contributed by atoms with van der Waals surface area (Å²) in [6, 6.07) is 82.4. The minimum Gasteiger partial charge on any atom is -0.383 e. The fourth-order valence-corrected chi connectivity index (χ4v) is 12.2. The summed E-state index contributed by atoms with van der Waals surface area (Å²) in [6.45, 7) is 1.48. The second-order valence-corrected chi connectivity index (χ2v) is 20.7. The van der Waals surface area contributed by atoms with E-state index in [1.165, 1.54) is 16.3 Å². The Labute approximate surface area is 474 Å². The van der Waals surface area contributed by atoms with Gasteiger partial charge in [0.2, 0.25) is 5.96 Å².